The van der Waals surface area contributed by atoms with Gasteiger partial charge >= 0.3 is 39.5 Å². The summed E-state index contributed by atoms with van der Waals surface area (Å²) in [6.45, 7) is 14.1. The molecular formula is C73H142O17P2. The van der Waals surface area contributed by atoms with E-state index in [1.807, 2.05) is 0 Å². The van der Waals surface area contributed by atoms with Gasteiger partial charge < -0.3 is 33.8 Å². The molecule has 0 heterocycles. The Labute approximate surface area is 562 Å². The molecule has 0 aliphatic rings. The molecule has 0 aromatic heterocycles. The third kappa shape index (κ3) is 66.7. The number of ether oxygens (including phenoxy) is 4. The SMILES string of the molecule is CC(C)CCCCCCCCCCCCCCCCC(=O)O[C@H](COC(=O)CCCCCCCCCCCCCCCC(C)C)COP(=O)(O)OC[C@@H](O)COP(=O)(O)OC[C@@H](COC(=O)CCCCCCCCC(C)C)OC(=O)CCCCCCCCCC(C)C. The second-order valence-corrected chi connectivity index (χ2v) is 31.1. The van der Waals surface area contributed by atoms with Crippen LogP contribution in [0.25, 0.3) is 0 Å². The van der Waals surface area contributed by atoms with Crippen molar-refractivity contribution in [2.24, 2.45) is 23.7 Å². The number of carbonyl (C=O) groups is 4. The first-order chi connectivity index (χ1) is 44.1. The van der Waals surface area contributed by atoms with Crippen molar-refractivity contribution in [2.45, 2.75) is 382 Å². The molecule has 0 saturated heterocycles. The van der Waals surface area contributed by atoms with E-state index in [0.717, 1.165) is 108 Å². The highest BCUT2D eigenvalue weighted by Gasteiger charge is 2.30. The van der Waals surface area contributed by atoms with E-state index in [2.05, 4.69) is 55.4 Å². The van der Waals surface area contributed by atoms with Crippen LogP contribution in [0, 0.1) is 23.7 Å². The lowest BCUT2D eigenvalue weighted by atomic mass is 10.0. The van der Waals surface area contributed by atoms with Gasteiger partial charge in [0.05, 0.1) is 26.4 Å². The van der Waals surface area contributed by atoms with Crippen molar-refractivity contribution >= 4 is 39.5 Å². The van der Waals surface area contributed by atoms with Gasteiger partial charge in [-0.3, -0.25) is 37.3 Å². The zero-order valence-electron chi connectivity index (χ0n) is 60.2. The minimum Gasteiger partial charge on any atom is -0.462 e. The zero-order chi connectivity index (χ0) is 68.2. The Morgan fingerprint density at radius 3 is 0.674 bits per heavy atom. The van der Waals surface area contributed by atoms with Crippen molar-refractivity contribution in [3.8, 4) is 0 Å². The topological polar surface area (TPSA) is 237 Å². The van der Waals surface area contributed by atoms with Crippen LogP contribution in [0.5, 0.6) is 0 Å². The number of esters is 4. The molecule has 0 bridgehead atoms. The van der Waals surface area contributed by atoms with Crippen LogP contribution in [-0.4, -0.2) is 96.7 Å². The van der Waals surface area contributed by atoms with Gasteiger partial charge in [-0.1, -0.05) is 312 Å². The highest BCUT2D eigenvalue weighted by Crippen LogP contribution is 2.45. The molecular weight excluding hydrogens is 1210 g/mol. The quantitative estimate of drug-likeness (QED) is 0.0222. The molecule has 0 saturated carbocycles. The van der Waals surface area contributed by atoms with E-state index < -0.39 is 97.5 Å². The number of unbranched alkanes of at least 4 members (excludes halogenated alkanes) is 36. The van der Waals surface area contributed by atoms with Crippen LogP contribution in [0.4, 0.5) is 0 Å². The molecule has 2 unspecified atom stereocenters. The number of hydrogen-bond acceptors (Lipinski definition) is 15. The van der Waals surface area contributed by atoms with Gasteiger partial charge in [0, 0.05) is 25.7 Å². The highest BCUT2D eigenvalue weighted by atomic mass is 31.2. The van der Waals surface area contributed by atoms with E-state index in [9.17, 15) is 43.2 Å². The number of carbonyl (C=O) groups excluding carboxylic acids is 4. The average Bonchev–Trinajstić information content (AvgIpc) is 1.91. The Bertz CT molecular complexity index is 1820. The Morgan fingerprint density at radius 1 is 0.272 bits per heavy atom. The molecule has 92 heavy (non-hydrogen) atoms. The molecule has 0 aromatic carbocycles. The van der Waals surface area contributed by atoms with Gasteiger partial charge in [-0.05, 0) is 49.4 Å². The van der Waals surface area contributed by atoms with Crippen molar-refractivity contribution in [2.75, 3.05) is 39.6 Å². The van der Waals surface area contributed by atoms with E-state index in [1.165, 1.54) is 161 Å². The lowest BCUT2D eigenvalue weighted by Gasteiger charge is -2.21. The second kappa shape index (κ2) is 62.6. The number of aliphatic hydroxyl groups is 1. The first-order valence-corrected chi connectivity index (χ1v) is 40.7. The Morgan fingerprint density at radius 2 is 0.457 bits per heavy atom. The smallest absolute Gasteiger partial charge is 0.462 e. The third-order valence-electron chi connectivity index (χ3n) is 16.8. The molecule has 17 nitrogen and oxygen atoms in total. The maximum absolute atomic E-state index is 13.1. The Balaban J connectivity index is 5.23. The van der Waals surface area contributed by atoms with Crippen molar-refractivity contribution in [3.05, 3.63) is 0 Å². The van der Waals surface area contributed by atoms with Crippen molar-refractivity contribution < 1.29 is 80.2 Å². The molecule has 0 aliphatic heterocycles. The molecule has 0 fully saturated rings. The summed E-state index contributed by atoms with van der Waals surface area (Å²) in [4.78, 5) is 72.6. The largest absolute Gasteiger partial charge is 0.472 e. The van der Waals surface area contributed by atoms with Crippen LogP contribution in [0.2, 0.25) is 0 Å². The van der Waals surface area contributed by atoms with Gasteiger partial charge in [-0.15, -0.1) is 0 Å². The standard InChI is InChI=1S/C73H142O17P2/c1-63(2)49-41-33-25-20-16-12-9-10-14-19-23-29-39-47-55-72(77)89-68(59-83-70(75)53-45-37-28-22-18-15-11-13-17-21-26-34-42-50-64(3)4)61-87-91(79,80)85-57-67(74)58-86-92(81,82)88-62-69(60-84-71(76)54-46-38-32-31-36-44-52-66(7)8)90-73(78)56-48-40-30-24-27-35-43-51-65(5)6/h63-69,74H,9-62H2,1-8H3,(H,79,80)(H,81,82)/t67-,68-,69-/m1/s1. The molecule has 0 rings (SSSR count). The molecule has 0 aromatic rings. The molecule has 546 valence electrons. The van der Waals surface area contributed by atoms with Crippen molar-refractivity contribution in [1.82, 2.24) is 0 Å². The molecule has 0 spiro atoms. The van der Waals surface area contributed by atoms with Gasteiger partial charge in [-0.25, -0.2) is 9.13 Å². The van der Waals surface area contributed by atoms with E-state index in [1.54, 1.807) is 0 Å². The van der Waals surface area contributed by atoms with E-state index >= 15 is 0 Å². The van der Waals surface area contributed by atoms with Crippen LogP contribution in [0.1, 0.15) is 364 Å². The first-order valence-electron chi connectivity index (χ1n) is 37.7. The monoisotopic (exact) mass is 1350 g/mol. The van der Waals surface area contributed by atoms with Crippen LogP contribution < -0.4 is 0 Å². The normalized spacial score (nSPS) is 14.2. The van der Waals surface area contributed by atoms with Gasteiger partial charge in [0.15, 0.2) is 12.2 Å². The van der Waals surface area contributed by atoms with Crippen LogP contribution in [0.15, 0.2) is 0 Å². The number of phosphoric acid groups is 2. The summed E-state index contributed by atoms with van der Waals surface area (Å²) < 4.78 is 68.3. The Kier molecular flexibility index (Phi) is 61.3. The number of rotatable bonds is 70. The summed E-state index contributed by atoms with van der Waals surface area (Å²) in [5.41, 5.74) is 0. The first kappa shape index (κ1) is 90.1. The zero-order valence-corrected chi connectivity index (χ0v) is 62.0. The molecule has 5 atom stereocenters. The third-order valence-corrected chi connectivity index (χ3v) is 18.7. The van der Waals surface area contributed by atoms with Crippen molar-refractivity contribution in [1.29, 1.82) is 0 Å². The number of aliphatic hydroxyl groups excluding tert-OH is 1. The summed E-state index contributed by atoms with van der Waals surface area (Å²) >= 11 is 0. The lowest BCUT2D eigenvalue weighted by molar-refractivity contribution is -0.161. The van der Waals surface area contributed by atoms with Gasteiger partial charge in [0.1, 0.15) is 19.3 Å². The fourth-order valence-electron chi connectivity index (χ4n) is 11.0. The van der Waals surface area contributed by atoms with Crippen LogP contribution in [0.3, 0.4) is 0 Å². The Hall–Kier alpha value is -1.94. The fraction of sp³-hybridized carbons (Fsp3) is 0.945. The number of phosphoric ester groups is 2. The highest BCUT2D eigenvalue weighted by molar-refractivity contribution is 7.47. The van der Waals surface area contributed by atoms with Crippen LogP contribution in [-0.2, 0) is 65.4 Å². The summed E-state index contributed by atoms with van der Waals surface area (Å²) in [7, 11) is -9.91. The average molecular weight is 1350 g/mol. The summed E-state index contributed by atoms with van der Waals surface area (Å²) in [6, 6.07) is 0. The van der Waals surface area contributed by atoms with E-state index in [-0.39, 0.29) is 25.7 Å². The minimum atomic E-state index is -4.96. The molecule has 0 aliphatic carbocycles. The van der Waals surface area contributed by atoms with E-state index in [4.69, 9.17) is 37.0 Å². The maximum Gasteiger partial charge on any atom is 0.472 e. The van der Waals surface area contributed by atoms with E-state index in [0.29, 0.717) is 37.5 Å². The van der Waals surface area contributed by atoms with Gasteiger partial charge in [-0.2, -0.15) is 0 Å². The maximum atomic E-state index is 13.1. The van der Waals surface area contributed by atoms with Crippen LogP contribution >= 0.6 is 15.6 Å². The predicted octanol–water partition coefficient (Wildman–Crippen LogP) is 20.9. The lowest BCUT2D eigenvalue weighted by Crippen LogP contribution is -2.30. The predicted molar refractivity (Wildman–Crippen MR) is 372 cm³/mol. The molecule has 0 amide bonds. The fourth-order valence-corrected chi connectivity index (χ4v) is 12.6. The minimum absolute atomic E-state index is 0.102. The van der Waals surface area contributed by atoms with Crippen molar-refractivity contribution in [3.63, 3.8) is 0 Å². The summed E-state index contributed by atoms with van der Waals surface area (Å²) in [6.07, 6.45) is 46.1. The summed E-state index contributed by atoms with van der Waals surface area (Å²) in [5.74, 6) is 0.833. The molecule has 3 N–H and O–H groups in total. The second-order valence-electron chi connectivity index (χ2n) is 28.2. The van der Waals surface area contributed by atoms with Gasteiger partial charge in [0.25, 0.3) is 0 Å². The summed E-state index contributed by atoms with van der Waals surface area (Å²) in [5, 5.41) is 10.6. The molecule has 19 heteroatoms. The molecule has 0 radical (unpaired) electrons. The number of hydrogen-bond donors (Lipinski definition) is 3. The van der Waals surface area contributed by atoms with Gasteiger partial charge in [0.2, 0.25) is 0 Å².